The van der Waals surface area contributed by atoms with Crippen LogP contribution in [0.15, 0.2) is 118 Å². The number of benzene rings is 4. The maximum atomic E-state index is 14.0. The van der Waals surface area contributed by atoms with Crippen molar-refractivity contribution in [2.75, 3.05) is 14.2 Å². The number of hydrogen-bond acceptors (Lipinski definition) is 10. The van der Waals surface area contributed by atoms with E-state index in [9.17, 15) is 19.8 Å². The van der Waals surface area contributed by atoms with Gasteiger partial charge in [-0.3, -0.25) is 9.59 Å². The quantitative estimate of drug-likeness (QED) is 0.196. The van der Waals surface area contributed by atoms with Crippen LogP contribution in [0.3, 0.4) is 0 Å². The van der Waals surface area contributed by atoms with Crippen molar-refractivity contribution < 1.29 is 29.3 Å². The highest BCUT2D eigenvalue weighted by Crippen LogP contribution is 2.32. The Labute approximate surface area is 286 Å². The standard InChI is InChI=1S/C36H26N4O6S2/c1-45-29-19-21(13-15-27(29)41)17-25-33(43)39(31(37-25)23-9-5-3-6-10-23)35(47)36(48)40-32(24-11-7-4-8-12-24)38-26(34(40)44)18-22-14-16-28(42)30(20-22)46-2/h3-20,41-42H,1-2H3/b25-17-,26-18+. The molecule has 4 aromatic rings. The van der Waals surface area contributed by atoms with Crippen LogP contribution in [0, 0.1) is 0 Å². The van der Waals surface area contributed by atoms with Crippen molar-refractivity contribution in [3.05, 3.63) is 131 Å². The zero-order valence-electron chi connectivity index (χ0n) is 25.5. The Balaban J connectivity index is 1.40. The molecule has 10 nitrogen and oxygen atoms in total. The summed E-state index contributed by atoms with van der Waals surface area (Å²) in [4.78, 5) is 39.5. The summed E-state index contributed by atoms with van der Waals surface area (Å²) in [6.07, 6.45) is 3.09. The van der Waals surface area contributed by atoms with Crippen molar-refractivity contribution >= 4 is 70.1 Å². The first-order valence-corrected chi connectivity index (χ1v) is 15.2. The van der Waals surface area contributed by atoms with Crippen LogP contribution in [0.4, 0.5) is 0 Å². The smallest absolute Gasteiger partial charge is 0.283 e. The van der Waals surface area contributed by atoms with Gasteiger partial charge in [-0.15, -0.1) is 0 Å². The fourth-order valence-corrected chi connectivity index (χ4v) is 5.57. The first-order chi connectivity index (χ1) is 23.2. The van der Waals surface area contributed by atoms with Crippen LogP contribution in [-0.4, -0.2) is 67.7 Å². The number of phenolic OH excluding ortho intramolecular Hbond substituents is 2. The highest BCUT2D eigenvalue weighted by atomic mass is 32.1. The minimum Gasteiger partial charge on any atom is -0.504 e. The second-order valence-corrected chi connectivity index (χ2v) is 11.2. The van der Waals surface area contributed by atoms with E-state index in [4.69, 9.17) is 33.9 Å². The molecule has 0 bridgehead atoms. The van der Waals surface area contributed by atoms with Gasteiger partial charge in [0.1, 0.15) is 23.1 Å². The lowest BCUT2D eigenvalue weighted by Gasteiger charge is -2.25. The summed E-state index contributed by atoms with van der Waals surface area (Å²) in [5, 5.41) is 20.1. The molecule has 0 saturated carbocycles. The largest absolute Gasteiger partial charge is 0.504 e. The molecular weight excluding hydrogens is 649 g/mol. The summed E-state index contributed by atoms with van der Waals surface area (Å²) in [6, 6.07) is 27.3. The Morgan fingerprint density at radius 3 is 1.35 bits per heavy atom. The van der Waals surface area contributed by atoms with E-state index in [-0.39, 0.29) is 56.0 Å². The molecule has 0 spiro atoms. The molecule has 2 heterocycles. The molecule has 0 radical (unpaired) electrons. The second kappa shape index (κ2) is 13.4. The lowest BCUT2D eigenvalue weighted by Crippen LogP contribution is -2.49. The minimum atomic E-state index is -0.565. The zero-order valence-corrected chi connectivity index (χ0v) is 27.2. The summed E-state index contributed by atoms with van der Waals surface area (Å²) < 4.78 is 10.4. The number of aromatic hydroxyl groups is 2. The highest BCUT2D eigenvalue weighted by molar-refractivity contribution is 7.89. The van der Waals surface area contributed by atoms with Gasteiger partial charge in [-0.1, -0.05) is 97.2 Å². The summed E-state index contributed by atoms with van der Waals surface area (Å²) in [5.74, 6) is -0.333. The summed E-state index contributed by atoms with van der Waals surface area (Å²) >= 11 is 11.7. The molecule has 0 aromatic heterocycles. The summed E-state index contributed by atoms with van der Waals surface area (Å²) in [7, 11) is 2.85. The number of aliphatic imine (C=N–C) groups is 2. The number of amidine groups is 2. The third kappa shape index (κ3) is 6.09. The van der Waals surface area contributed by atoms with E-state index in [1.165, 1.54) is 36.2 Å². The van der Waals surface area contributed by atoms with Crippen LogP contribution in [0.5, 0.6) is 23.0 Å². The Morgan fingerprint density at radius 2 is 1.00 bits per heavy atom. The number of nitrogens with zero attached hydrogens (tertiary/aromatic N) is 4. The number of carbonyl (C=O) groups excluding carboxylic acids is 2. The molecule has 0 aliphatic carbocycles. The molecule has 2 N–H and O–H groups in total. The molecular formula is C36H26N4O6S2. The van der Waals surface area contributed by atoms with E-state index in [2.05, 4.69) is 9.98 Å². The number of amides is 2. The Bertz CT molecular complexity index is 1960. The summed E-state index contributed by atoms with van der Waals surface area (Å²) in [6.45, 7) is 0. The zero-order chi connectivity index (χ0) is 33.9. The molecule has 2 amide bonds. The Kier molecular flexibility index (Phi) is 8.93. The number of methoxy groups -OCH3 is 2. The van der Waals surface area contributed by atoms with Crippen LogP contribution >= 0.6 is 24.4 Å². The van der Waals surface area contributed by atoms with E-state index < -0.39 is 11.8 Å². The molecule has 0 unspecified atom stereocenters. The number of thiocarbonyl (C=S) groups is 2. The molecule has 0 fully saturated rings. The van der Waals surface area contributed by atoms with Crippen molar-refractivity contribution in [2.45, 2.75) is 0 Å². The van der Waals surface area contributed by atoms with Crippen molar-refractivity contribution in [3.63, 3.8) is 0 Å². The van der Waals surface area contributed by atoms with Gasteiger partial charge in [-0.2, -0.15) is 0 Å². The molecule has 238 valence electrons. The topological polar surface area (TPSA) is 124 Å². The molecule has 2 aliphatic heterocycles. The molecule has 0 atom stereocenters. The van der Waals surface area contributed by atoms with Crippen LogP contribution in [-0.2, 0) is 9.59 Å². The first-order valence-electron chi connectivity index (χ1n) is 14.4. The second-order valence-electron chi connectivity index (χ2n) is 10.4. The third-order valence-electron chi connectivity index (χ3n) is 7.39. The van der Waals surface area contributed by atoms with Gasteiger partial charge in [0.15, 0.2) is 33.0 Å². The average molecular weight is 675 g/mol. The fourth-order valence-electron chi connectivity index (χ4n) is 5.05. The molecule has 48 heavy (non-hydrogen) atoms. The van der Waals surface area contributed by atoms with Crippen molar-refractivity contribution in [1.29, 1.82) is 0 Å². The SMILES string of the molecule is COc1cc(/C=C2\N=C(c3ccccc3)N(C(=S)C(=S)N3C(=O)/C(=C\c4ccc(O)c(OC)c4)N=C3c3ccccc3)C2=O)ccc1O. The number of phenols is 2. The van der Waals surface area contributed by atoms with Gasteiger partial charge in [0.05, 0.1) is 14.2 Å². The molecule has 4 aromatic carbocycles. The maximum absolute atomic E-state index is 14.0. The monoisotopic (exact) mass is 674 g/mol. The first kappa shape index (κ1) is 32.0. The molecule has 2 aliphatic rings. The summed E-state index contributed by atoms with van der Waals surface area (Å²) in [5.41, 5.74) is 2.39. The number of rotatable bonds is 6. The van der Waals surface area contributed by atoms with Gasteiger partial charge in [0.25, 0.3) is 11.8 Å². The lowest BCUT2D eigenvalue weighted by atomic mass is 10.1. The third-order valence-corrected chi connectivity index (χ3v) is 8.27. The van der Waals surface area contributed by atoms with Crippen LogP contribution in [0.1, 0.15) is 22.3 Å². The van der Waals surface area contributed by atoms with Crippen molar-refractivity contribution in [1.82, 2.24) is 9.80 Å². The van der Waals surface area contributed by atoms with Gasteiger partial charge in [-0.25, -0.2) is 19.8 Å². The highest BCUT2D eigenvalue weighted by Gasteiger charge is 2.41. The van der Waals surface area contributed by atoms with Crippen LogP contribution in [0.2, 0.25) is 0 Å². The number of carbonyl (C=O) groups is 2. The van der Waals surface area contributed by atoms with Gasteiger partial charge in [-0.05, 0) is 47.5 Å². The van der Waals surface area contributed by atoms with E-state index >= 15 is 0 Å². The van der Waals surface area contributed by atoms with Crippen molar-refractivity contribution in [3.8, 4) is 23.0 Å². The van der Waals surface area contributed by atoms with E-state index in [0.29, 0.717) is 22.3 Å². The predicted molar refractivity (Wildman–Crippen MR) is 190 cm³/mol. The van der Waals surface area contributed by atoms with E-state index in [1.807, 2.05) is 12.1 Å². The fraction of sp³-hybridized carbons (Fsp3) is 0.0556. The van der Waals surface area contributed by atoms with Gasteiger partial charge < -0.3 is 19.7 Å². The average Bonchev–Trinajstić information content (AvgIpc) is 3.61. The van der Waals surface area contributed by atoms with Gasteiger partial charge in [0.2, 0.25) is 0 Å². The Morgan fingerprint density at radius 1 is 0.625 bits per heavy atom. The molecule has 6 rings (SSSR count). The normalized spacial score (nSPS) is 16.0. The predicted octanol–water partition coefficient (Wildman–Crippen LogP) is 5.73. The van der Waals surface area contributed by atoms with Crippen LogP contribution < -0.4 is 9.47 Å². The molecule has 0 saturated heterocycles. The Hall–Kier alpha value is -5.98. The lowest BCUT2D eigenvalue weighted by molar-refractivity contribution is -0.121. The minimum absolute atomic E-state index is 0.0526. The van der Waals surface area contributed by atoms with Gasteiger partial charge >= 0.3 is 0 Å². The molecule has 12 heteroatoms. The maximum Gasteiger partial charge on any atom is 0.283 e. The van der Waals surface area contributed by atoms with Crippen LogP contribution in [0.25, 0.3) is 12.2 Å². The van der Waals surface area contributed by atoms with Gasteiger partial charge in [0, 0.05) is 11.1 Å². The van der Waals surface area contributed by atoms with E-state index in [0.717, 1.165) is 0 Å². The number of hydrogen-bond donors (Lipinski definition) is 2. The van der Waals surface area contributed by atoms with E-state index in [1.54, 1.807) is 84.9 Å². The number of ether oxygens (including phenoxy) is 2. The van der Waals surface area contributed by atoms with Crippen molar-refractivity contribution in [2.24, 2.45) is 9.98 Å².